The number of halogens is 2. The second kappa shape index (κ2) is 7.26. The summed E-state index contributed by atoms with van der Waals surface area (Å²) >= 11 is 0. The third kappa shape index (κ3) is 3.90. The number of nitrogens with one attached hydrogen (secondary N) is 2. The third-order valence-electron chi connectivity index (χ3n) is 4.52. The van der Waals surface area contributed by atoms with Gasteiger partial charge in [-0.25, -0.2) is 13.8 Å². The van der Waals surface area contributed by atoms with Gasteiger partial charge in [-0.1, -0.05) is 20.3 Å². The molecule has 3 nitrogen and oxygen atoms in total. The van der Waals surface area contributed by atoms with E-state index in [1.165, 1.54) is 42.5 Å². The average Bonchev–Trinajstić information content (AvgIpc) is 2.49. The van der Waals surface area contributed by atoms with Crippen molar-refractivity contribution in [2.45, 2.75) is 51.6 Å². The molecule has 0 amide bonds. The molecule has 0 aliphatic heterocycles. The van der Waals surface area contributed by atoms with Gasteiger partial charge in [-0.05, 0) is 48.1 Å². The summed E-state index contributed by atoms with van der Waals surface area (Å²) in [6.07, 6.45) is 5.63. The van der Waals surface area contributed by atoms with Crippen LogP contribution in [0.15, 0.2) is 30.5 Å². The smallest absolute Gasteiger partial charge is 0.149 e. The minimum atomic E-state index is -0.626. The highest BCUT2D eigenvalue weighted by atomic mass is 19.1. The lowest BCUT2D eigenvalue weighted by molar-refractivity contribution is 0.337. The fourth-order valence-electron chi connectivity index (χ4n) is 2.85. The van der Waals surface area contributed by atoms with Gasteiger partial charge in [0.1, 0.15) is 17.5 Å². The van der Waals surface area contributed by atoms with Crippen LogP contribution in [0.2, 0.25) is 0 Å². The predicted molar refractivity (Wildman–Crippen MR) is 92.4 cm³/mol. The third-order valence-corrected chi connectivity index (χ3v) is 4.52. The molecule has 0 saturated heterocycles. The van der Waals surface area contributed by atoms with Crippen molar-refractivity contribution in [2.75, 3.05) is 5.32 Å². The number of benzene rings is 1. The van der Waals surface area contributed by atoms with Crippen LogP contribution in [-0.4, -0.2) is 11.0 Å². The summed E-state index contributed by atoms with van der Waals surface area (Å²) < 4.78 is 26.8. The highest BCUT2D eigenvalue weighted by Crippen LogP contribution is 2.26. The Kier molecular flexibility index (Phi) is 5.09. The van der Waals surface area contributed by atoms with Gasteiger partial charge in [-0.2, -0.15) is 0 Å². The van der Waals surface area contributed by atoms with Crippen molar-refractivity contribution in [3.8, 4) is 0 Å². The van der Waals surface area contributed by atoms with E-state index < -0.39 is 11.6 Å². The minimum Gasteiger partial charge on any atom is -0.338 e. The summed E-state index contributed by atoms with van der Waals surface area (Å²) in [5, 5.41) is 6.49. The van der Waals surface area contributed by atoms with E-state index in [0.717, 1.165) is 12.6 Å². The number of aromatic nitrogens is 1. The van der Waals surface area contributed by atoms with Crippen molar-refractivity contribution in [3.05, 3.63) is 53.2 Å². The first-order valence-electron chi connectivity index (χ1n) is 8.47. The summed E-state index contributed by atoms with van der Waals surface area (Å²) in [7, 11) is 0. The van der Waals surface area contributed by atoms with Gasteiger partial charge in [-0.15, -0.1) is 0 Å². The maximum Gasteiger partial charge on any atom is 0.149 e. The highest BCUT2D eigenvalue weighted by Gasteiger charge is 2.17. The molecular weight excluding hydrogens is 308 g/mol. The number of pyridine rings is 1. The number of anilines is 2. The first-order valence-corrected chi connectivity index (χ1v) is 8.47. The molecule has 0 atom stereocenters. The van der Waals surface area contributed by atoms with Crippen molar-refractivity contribution in [1.29, 1.82) is 0 Å². The second-order valence-electron chi connectivity index (χ2n) is 6.68. The summed E-state index contributed by atoms with van der Waals surface area (Å²) in [4.78, 5) is 4.39. The van der Waals surface area contributed by atoms with Crippen LogP contribution in [0.5, 0.6) is 0 Å². The van der Waals surface area contributed by atoms with Gasteiger partial charge in [0.2, 0.25) is 0 Å². The van der Waals surface area contributed by atoms with Crippen LogP contribution in [0.25, 0.3) is 0 Å². The average molecular weight is 331 g/mol. The van der Waals surface area contributed by atoms with E-state index >= 15 is 0 Å². The Morgan fingerprint density at radius 1 is 1.21 bits per heavy atom. The van der Waals surface area contributed by atoms with E-state index in [0.29, 0.717) is 17.8 Å². The van der Waals surface area contributed by atoms with Crippen LogP contribution in [0.4, 0.5) is 20.3 Å². The van der Waals surface area contributed by atoms with Crippen molar-refractivity contribution >= 4 is 11.5 Å². The largest absolute Gasteiger partial charge is 0.338 e. The Morgan fingerprint density at radius 2 is 2.00 bits per heavy atom. The Balaban J connectivity index is 1.77. The molecule has 24 heavy (non-hydrogen) atoms. The molecule has 1 aliphatic rings. The molecule has 0 radical (unpaired) electrons. The van der Waals surface area contributed by atoms with Gasteiger partial charge in [0.15, 0.2) is 0 Å². The maximum absolute atomic E-state index is 13.8. The van der Waals surface area contributed by atoms with Crippen LogP contribution in [0.1, 0.15) is 50.2 Å². The number of hydrogen-bond donors (Lipinski definition) is 2. The second-order valence-corrected chi connectivity index (χ2v) is 6.68. The zero-order chi connectivity index (χ0) is 17.1. The molecular formula is C19H23F2N3. The molecule has 1 aromatic heterocycles. The lowest BCUT2D eigenvalue weighted by Gasteiger charge is -2.27. The Labute approximate surface area is 141 Å². The molecule has 128 valence electrons. The molecule has 3 rings (SSSR count). The standard InChI is InChI=1S/C19H23F2N3/c1-12(2)16-9-19(24-18-7-6-14(20)8-17(18)21)23-11-13(16)10-22-15-4-3-5-15/h6-9,11-12,15,22H,3-5,10H2,1-2H3,(H,23,24). The van der Waals surface area contributed by atoms with Crippen LogP contribution in [-0.2, 0) is 6.54 Å². The molecule has 1 fully saturated rings. The van der Waals surface area contributed by atoms with Crippen LogP contribution < -0.4 is 10.6 Å². The van der Waals surface area contributed by atoms with E-state index in [1.807, 2.05) is 12.3 Å². The lowest BCUT2D eigenvalue weighted by atomic mass is 9.92. The van der Waals surface area contributed by atoms with E-state index in [2.05, 4.69) is 29.5 Å². The summed E-state index contributed by atoms with van der Waals surface area (Å²) in [5.74, 6) is -0.314. The van der Waals surface area contributed by atoms with E-state index in [-0.39, 0.29) is 5.69 Å². The summed E-state index contributed by atoms with van der Waals surface area (Å²) in [6.45, 7) is 5.06. The molecule has 5 heteroatoms. The van der Waals surface area contributed by atoms with Gasteiger partial charge < -0.3 is 10.6 Å². The van der Waals surface area contributed by atoms with Gasteiger partial charge >= 0.3 is 0 Å². The Hall–Kier alpha value is -2.01. The molecule has 2 aromatic rings. The van der Waals surface area contributed by atoms with Crippen molar-refractivity contribution in [1.82, 2.24) is 10.3 Å². The van der Waals surface area contributed by atoms with Crippen molar-refractivity contribution < 1.29 is 8.78 Å². The highest BCUT2D eigenvalue weighted by molar-refractivity contribution is 5.58. The van der Waals surface area contributed by atoms with Gasteiger partial charge in [0.25, 0.3) is 0 Å². The minimum absolute atomic E-state index is 0.221. The SMILES string of the molecule is CC(C)c1cc(Nc2ccc(F)cc2F)ncc1CNC1CCC1. The number of rotatable bonds is 6. The van der Waals surface area contributed by atoms with Gasteiger partial charge in [-0.3, -0.25) is 0 Å². The fourth-order valence-corrected chi connectivity index (χ4v) is 2.85. The topological polar surface area (TPSA) is 37.0 Å². The lowest BCUT2D eigenvalue weighted by Crippen LogP contribution is -2.34. The molecule has 1 aliphatic carbocycles. The van der Waals surface area contributed by atoms with E-state index in [4.69, 9.17) is 0 Å². The molecule has 0 unspecified atom stereocenters. The van der Waals surface area contributed by atoms with Gasteiger partial charge in [0.05, 0.1) is 5.69 Å². The quantitative estimate of drug-likeness (QED) is 0.793. The number of nitrogens with zero attached hydrogens (tertiary/aromatic N) is 1. The molecule has 1 heterocycles. The Morgan fingerprint density at radius 3 is 2.62 bits per heavy atom. The first-order chi connectivity index (χ1) is 11.5. The molecule has 0 spiro atoms. The molecule has 2 N–H and O–H groups in total. The van der Waals surface area contributed by atoms with Crippen molar-refractivity contribution in [2.24, 2.45) is 0 Å². The van der Waals surface area contributed by atoms with Gasteiger partial charge in [0, 0.05) is 24.8 Å². The Bertz CT molecular complexity index is 712. The van der Waals surface area contributed by atoms with Crippen LogP contribution in [0, 0.1) is 11.6 Å². The predicted octanol–water partition coefficient (Wildman–Crippen LogP) is 4.87. The van der Waals surface area contributed by atoms with E-state index in [9.17, 15) is 8.78 Å². The molecule has 0 bridgehead atoms. The normalized spacial score (nSPS) is 14.7. The maximum atomic E-state index is 13.8. The van der Waals surface area contributed by atoms with Crippen molar-refractivity contribution in [3.63, 3.8) is 0 Å². The summed E-state index contributed by atoms with van der Waals surface area (Å²) in [5.41, 5.74) is 2.57. The fraction of sp³-hybridized carbons (Fsp3) is 0.421. The monoisotopic (exact) mass is 331 g/mol. The van der Waals surface area contributed by atoms with E-state index in [1.54, 1.807) is 0 Å². The zero-order valence-electron chi connectivity index (χ0n) is 14.1. The summed E-state index contributed by atoms with van der Waals surface area (Å²) in [6, 6.07) is 6.05. The van der Waals surface area contributed by atoms with Crippen LogP contribution >= 0.6 is 0 Å². The first kappa shape index (κ1) is 16.8. The zero-order valence-corrected chi connectivity index (χ0v) is 14.1. The number of hydrogen-bond acceptors (Lipinski definition) is 3. The molecule has 1 aromatic carbocycles. The molecule has 1 saturated carbocycles. The van der Waals surface area contributed by atoms with Crippen LogP contribution in [0.3, 0.4) is 0 Å².